The van der Waals surface area contributed by atoms with Gasteiger partial charge in [0.05, 0.1) is 18.3 Å². The lowest BCUT2D eigenvalue weighted by atomic mass is 10.2. The number of aromatic nitrogens is 2. The number of aliphatic hydroxyl groups excluding tert-OH is 1. The molecular formula is C16H21ClFN3O. The number of halogens is 2. The van der Waals surface area contributed by atoms with E-state index in [0.717, 1.165) is 23.4 Å². The van der Waals surface area contributed by atoms with Crippen molar-refractivity contribution < 1.29 is 9.50 Å². The number of nitrogens with zero attached hydrogens (tertiary/aromatic N) is 2. The predicted octanol–water partition coefficient (Wildman–Crippen LogP) is 2.89. The van der Waals surface area contributed by atoms with E-state index >= 15 is 0 Å². The van der Waals surface area contributed by atoms with Gasteiger partial charge in [0.1, 0.15) is 11.0 Å². The fourth-order valence-corrected chi connectivity index (χ4v) is 2.48. The van der Waals surface area contributed by atoms with Crippen LogP contribution >= 0.6 is 11.6 Å². The first-order valence-electron chi connectivity index (χ1n) is 7.32. The molecular weight excluding hydrogens is 305 g/mol. The third kappa shape index (κ3) is 4.53. The molecule has 22 heavy (non-hydrogen) atoms. The Morgan fingerprint density at radius 3 is 2.68 bits per heavy atom. The van der Waals surface area contributed by atoms with Crippen LogP contribution in [0.2, 0.25) is 5.15 Å². The van der Waals surface area contributed by atoms with Gasteiger partial charge in [-0.05, 0) is 44.5 Å². The van der Waals surface area contributed by atoms with Gasteiger partial charge in [-0.1, -0.05) is 23.7 Å². The van der Waals surface area contributed by atoms with Crippen LogP contribution in [0, 0.1) is 12.7 Å². The summed E-state index contributed by atoms with van der Waals surface area (Å²) in [7, 11) is 0. The molecule has 0 spiro atoms. The maximum atomic E-state index is 12.9. The molecule has 0 aliphatic carbocycles. The number of benzene rings is 1. The fraction of sp³-hybridized carbons (Fsp3) is 0.438. The monoisotopic (exact) mass is 325 g/mol. The van der Waals surface area contributed by atoms with Crippen molar-refractivity contribution in [1.82, 2.24) is 15.1 Å². The first-order chi connectivity index (χ1) is 10.5. The number of hydrogen-bond acceptors (Lipinski definition) is 3. The lowest BCUT2D eigenvalue weighted by Gasteiger charge is -2.07. The average Bonchev–Trinajstić information content (AvgIpc) is 2.72. The molecule has 1 aromatic heterocycles. The van der Waals surface area contributed by atoms with Crippen molar-refractivity contribution in [1.29, 1.82) is 0 Å². The molecule has 6 heteroatoms. The molecule has 1 unspecified atom stereocenters. The van der Waals surface area contributed by atoms with Crippen LogP contribution in [0.1, 0.15) is 30.2 Å². The van der Waals surface area contributed by atoms with E-state index in [0.29, 0.717) is 24.7 Å². The Hall–Kier alpha value is -1.43. The largest absolute Gasteiger partial charge is 0.393 e. The molecule has 0 saturated heterocycles. The highest BCUT2D eigenvalue weighted by Crippen LogP contribution is 2.21. The van der Waals surface area contributed by atoms with Gasteiger partial charge in [-0.25, -0.2) is 9.07 Å². The van der Waals surface area contributed by atoms with Crippen molar-refractivity contribution in [2.24, 2.45) is 0 Å². The third-order valence-corrected chi connectivity index (χ3v) is 3.89. The summed E-state index contributed by atoms with van der Waals surface area (Å²) in [5, 5.41) is 17.5. The van der Waals surface area contributed by atoms with E-state index in [4.69, 9.17) is 11.6 Å². The number of hydrogen-bond donors (Lipinski definition) is 2. The van der Waals surface area contributed by atoms with E-state index in [1.54, 1.807) is 23.7 Å². The quantitative estimate of drug-likeness (QED) is 0.770. The second-order valence-electron chi connectivity index (χ2n) is 5.45. The minimum absolute atomic E-state index is 0.255. The molecule has 1 heterocycles. The van der Waals surface area contributed by atoms with Gasteiger partial charge in [-0.3, -0.25) is 0 Å². The highest BCUT2D eigenvalue weighted by molar-refractivity contribution is 6.30. The smallest absolute Gasteiger partial charge is 0.132 e. The Balaban J connectivity index is 2.01. The highest BCUT2D eigenvalue weighted by Gasteiger charge is 2.13. The maximum Gasteiger partial charge on any atom is 0.132 e. The minimum atomic E-state index is -0.315. The van der Waals surface area contributed by atoms with Gasteiger partial charge in [0, 0.05) is 12.1 Å². The van der Waals surface area contributed by atoms with Gasteiger partial charge in [-0.2, -0.15) is 5.10 Å². The molecule has 0 amide bonds. The molecule has 0 fully saturated rings. The van der Waals surface area contributed by atoms with Crippen LogP contribution in [-0.4, -0.2) is 27.5 Å². The van der Waals surface area contributed by atoms with Crippen LogP contribution in [-0.2, 0) is 13.1 Å². The first kappa shape index (κ1) is 16.9. The van der Waals surface area contributed by atoms with E-state index in [1.165, 1.54) is 12.1 Å². The van der Waals surface area contributed by atoms with E-state index in [2.05, 4.69) is 10.4 Å². The molecule has 0 radical (unpaired) electrons. The number of aryl methyl sites for hydroxylation is 1. The summed E-state index contributed by atoms with van der Waals surface area (Å²) >= 11 is 6.39. The normalized spacial score (nSPS) is 12.6. The Morgan fingerprint density at radius 1 is 1.36 bits per heavy atom. The Labute approximate surface area is 134 Å². The second kappa shape index (κ2) is 7.72. The van der Waals surface area contributed by atoms with Crippen LogP contribution in [0.15, 0.2) is 24.3 Å². The van der Waals surface area contributed by atoms with Crippen molar-refractivity contribution in [2.45, 2.75) is 39.5 Å². The van der Waals surface area contributed by atoms with Gasteiger partial charge >= 0.3 is 0 Å². The van der Waals surface area contributed by atoms with Crippen molar-refractivity contribution in [2.75, 3.05) is 6.54 Å². The Bertz CT molecular complexity index is 611. The van der Waals surface area contributed by atoms with Crippen LogP contribution in [0.3, 0.4) is 0 Å². The van der Waals surface area contributed by atoms with Crippen LogP contribution < -0.4 is 5.32 Å². The van der Waals surface area contributed by atoms with Gasteiger partial charge in [0.25, 0.3) is 0 Å². The van der Waals surface area contributed by atoms with Crippen LogP contribution in [0.5, 0.6) is 0 Å². The summed E-state index contributed by atoms with van der Waals surface area (Å²) < 4.78 is 14.6. The van der Waals surface area contributed by atoms with Gasteiger partial charge < -0.3 is 10.4 Å². The predicted molar refractivity (Wildman–Crippen MR) is 85.5 cm³/mol. The number of rotatable bonds is 7. The van der Waals surface area contributed by atoms with Gasteiger partial charge in [0.15, 0.2) is 0 Å². The zero-order valence-electron chi connectivity index (χ0n) is 12.8. The van der Waals surface area contributed by atoms with Crippen molar-refractivity contribution in [3.05, 3.63) is 52.1 Å². The average molecular weight is 326 g/mol. The molecule has 120 valence electrons. The first-order valence-corrected chi connectivity index (χ1v) is 7.70. The lowest BCUT2D eigenvalue weighted by Crippen LogP contribution is -2.19. The zero-order valence-corrected chi connectivity index (χ0v) is 13.6. The van der Waals surface area contributed by atoms with Crippen LogP contribution in [0.4, 0.5) is 4.39 Å². The number of aliphatic hydroxyl groups is 1. The SMILES string of the molecule is Cc1nn(Cc2ccc(F)cc2)c(Cl)c1CNCCC(C)O. The van der Waals surface area contributed by atoms with Gasteiger partial charge in [-0.15, -0.1) is 0 Å². The molecule has 1 aromatic carbocycles. The summed E-state index contributed by atoms with van der Waals surface area (Å²) in [4.78, 5) is 0. The Kier molecular flexibility index (Phi) is 5.94. The fourth-order valence-electron chi connectivity index (χ4n) is 2.18. The van der Waals surface area contributed by atoms with E-state index < -0.39 is 0 Å². The van der Waals surface area contributed by atoms with Crippen molar-refractivity contribution in [3.8, 4) is 0 Å². The molecule has 4 nitrogen and oxygen atoms in total. The molecule has 0 saturated carbocycles. The molecule has 0 aliphatic rings. The van der Waals surface area contributed by atoms with Crippen molar-refractivity contribution in [3.63, 3.8) is 0 Å². The molecule has 2 N–H and O–H groups in total. The highest BCUT2D eigenvalue weighted by atomic mass is 35.5. The molecule has 1 atom stereocenters. The maximum absolute atomic E-state index is 12.9. The minimum Gasteiger partial charge on any atom is -0.393 e. The zero-order chi connectivity index (χ0) is 16.1. The second-order valence-corrected chi connectivity index (χ2v) is 5.81. The van der Waals surface area contributed by atoms with Crippen LogP contribution in [0.25, 0.3) is 0 Å². The molecule has 0 aliphatic heterocycles. The molecule has 2 aromatic rings. The topological polar surface area (TPSA) is 50.1 Å². The van der Waals surface area contributed by atoms with Gasteiger partial charge in [0.2, 0.25) is 0 Å². The summed E-state index contributed by atoms with van der Waals surface area (Å²) in [5.41, 5.74) is 2.77. The van der Waals surface area contributed by atoms with E-state index in [1.807, 2.05) is 6.92 Å². The Morgan fingerprint density at radius 2 is 2.05 bits per heavy atom. The summed E-state index contributed by atoms with van der Waals surface area (Å²) in [6.45, 7) is 5.52. The number of nitrogens with one attached hydrogen (secondary N) is 1. The van der Waals surface area contributed by atoms with E-state index in [-0.39, 0.29) is 11.9 Å². The lowest BCUT2D eigenvalue weighted by molar-refractivity contribution is 0.183. The van der Waals surface area contributed by atoms with Crippen molar-refractivity contribution >= 4 is 11.6 Å². The third-order valence-electron chi connectivity index (χ3n) is 3.47. The summed E-state index contributed by atoms with van der Waals surface area (Å²) in [6.07, 6.45) is 0.380. The summed E-state index contributed by atoms with van der Waals surface area (Å²) in [6, 6.07) is 6.31. The summed E-state index contributed by atoms with van der Waals surface area (Å²) in [5.74, 6) is -0.255. The molecule has 2 rings (SSSR count). The van der Waals surface area contributed by atoms with E-state index in [9.17, 15) is 9.50 Å². The molecule has 0 bridgehead atoms. The standard InChI is InChI=1S/C16H21ClFN3O/c1-11(22)7-8-19-9-15-12(2)20-21(16(15)17)10-13-3-5-14(18)6-4-13/h3-6,11,19,22H,7-10H2,1-2H3.